The van der Waals surface area contributed by atoms with Crippen molar-refractivity contribution in [1.29, 1.82) is 0 Å². The molecule has 2 aromatic carbocycles. The van der Waals surface area contributed by atoms with Gasteiger partial charge in [0.1, 0.15) is 5.82 Å². The zero-order chi connectivity index (χ0) is 17.6. The molecule has 1 heterocycles. The lowest BCUT2D eigenvalue weighted by atomic mass is 10.2. The van der Waals surface area contributed by atoms with Crippen molar-refractivity contribution in [2.24, 2.45) is 0 Å². The molecule has 1 fully saturated rings. The Bertz CT molecular complexity index is 712. The lowest BCUT2D eigenvalue weighted by molar-refractivity contribution is 0.313. The summed E-state index contributed by atoms with van der Waals surface area (Å²) in [4.78, 5) is 4.75. The molecule has 132 valence electrons. The van der Waals surface area contributed by atoms with Gasteiger partial charge in [-0.1, -0.05) is 24.3 Å². The molecule has 0 bridgehead atoms. The fourth-order valence-corrected chi connectivity index (χ4v) is 2.98. The number of halogens is 1. The Kier molecular flexibility index (Phi) is 5.83. The molecular weight excluding hydrogens is 335 g/mol. The summed E-state index contributed by atoms with van der Waals surface area (Å²) in [5.41, 5.74) is 2.77. The molecule has 1 saturated heterocycles. The monoisotopic (exact) mass is 358 g/mol. The molecule has 0 saturated carbocycles. The molecule has 0 aromatic heterocycles. The second-order valence-corrected chi connectivity index (χ2v) is 6.65. The van der Waals surface area contributed by atoms with Crippen LogP contribution in [0.2, 0.25) is 0 Å². The minimum Gasteiger partial charge on any atom is -0.369 e. The molecule has 0 spiro atoms. The molecule has 0 amide bonds. The number of para-hydroxylation sites is 1. The molecule has 2 N–H and O–H groups in total. The zero-order valence-electron chi connectivity index (χ0n) is 14.3. The van der Waals surface area contributed by atoms with Gasteiger partial charge in [-0.15, -0.1) is 0 Å². The van der Waals surface area contributed by atoms with Crippen LogP contribution in [0.25, 0.3) is 0 Å². The van der Waals surface area contributed by atoms with Crippen molar-refractivity contribution >= 4 is 28.7 Å². The summed E-state index contributed by atoms with van der Waals surface area (Å²) in [6.45, 7) is 4.91. The van der Waals surface area contributed by atoms with Gasteiger partial charge in [-0.05, 0) is 49.1 Å². The Morgan fingerprint density at radius 3 is 2.40 bits per heavy atom. The Hall–Kier alpha value is -2.18. The lowest BCUT2D eigenvalue weighted by Gasteiger charge is -2.34. The first-order valence-corrected chi connectivity index (χ1v) is 8.84. The summed E-state index contributed by atoms with van der Waals surface area (Å²) in [7, 11) is 2.16. The molecule has 4 nitrogen and oxygen atoms in total. The van der Waals surface area contributed by atoms with Crippen LogP contribution in [-0.4, -0.2) is 43.2 Å². The smallest absolute Gasteiger partial charge is 0.171 e. The predicted octanol–water partition coefficient (Wildman–Crippen LogP) is 3.06. The first-order chi connectivity index (χ1) is 12.1. The van der Waals surface area contributed by atoms with E-state index in [4.69, 9.17) is 12.2 Å². The van der Waals surface area contributed by atoms with Crippen LogP contribution < -0.4 is 15.5 Å². The normalized spacial score (nSPS) is 15.0. The van der Waals surface area contributed by atoms with Crippen molar-refractivity contribution in [3.8, 4) is 0 Å². The standard InChI is InChI=1S/C19H23FN4S/c1-23-10-12-24(13-11-23)16-8-6-15(7-9-16)14-21-19(25)22-18-5-3-2-4-17(18)20/h2-9H,10-14H2,1H3,(H2,21,22,25). The molecule has 0 atom stereocenters. The predicted molar refractivity (Wildman–Crippen MR) is 106 cm³/mol. The second kappa shape index (κ2) is 8.27. The van der Waals surface area contributed by atoms with Gasteiger partial charge in [-0.3, -0.25) is 0 Å². The summed E-state index contributed by atoms with van der Waals surface area (Å²) in [5, 5.41) is 6.40. The molecule has 3 rings (SSSR count). The highest BCUT2D eigenvalue weighted by atomic mass is 32.1. The maximum Gasteiger partial charge on any atom is 0.171 e. The van der Waals surface area contributed by atoms with Gasteiger partial charge in [0.2, 0.25) is 0 Å². The van der Waals surface area contributed by atoms with Crippen LogP contribution in [0.5, 0.6) is 0 Å². The zero-order valence-corrected chi connectivity index (χ0v) is 15.2. The molecule has 0 unspecified atom stereocenters. The number of thiocarbonyl (C=S) groups is 1. The molecule has 1 aliphatic rings. The van der Waals surface area contributed by atoms with E-state index in [0.29, 0.717) is 17.3 Å². The lowest BCUT2D eigenvalue weighted by Crippen LogP contribution is -2.44. The van der Waals surface area contributed by atoms with Crippen molar-refractivity contribution in [3.63, 3.8) is 0 Å². The van der Waals surface area contributed by atoms with E-state index in [1.165, 1.54) is 11.8 Å². The molecule has 25 heavy (non-hydrogen) atoms. The van der Waals surface area contributed by atoms with Crippen LogP contribution in [-0.2, 0) is 6.54 Å². The first kappa shape index (κ1) is 17.6. The van der Waals surface area contributed by atoms with Crippen molar-refractivity contribution in [1.82, 2.24) is 10.2 Å². The Balaban J connectivity index is 1.50. The maximum absolute atomic E-state index is 13.6. The quantitative estimate of drug-likeness (QED) is 0.821. The molecule has 0 radical (unpaired) electrons. The summed E-state index contributed by atoms with van der Waals surface area (Å²) in [5.74, 6) is -0.317. The van der Waals surface area contributed by atoms with Crippen LogP contribution in [0.3, 0.4) is 0 Å². The van der Waals surface area contributed by atoms with E-state index in [-0.39, 0.29) is 5.82 Å². The van der Waals surface area contributed by atoms with Gasteiger partial charge in [0, 0.05) is 38.4 Å². The number of anilines is 2. The van der Waals surface area contributed by atoms with E-state index >= 15 is 0 Å². The highest BCUT2D eigenvalue weighted by Crippen LogP contribution is 2.17. The van der Waals surface area contributed by atoms with Gasteiger partial charge in [0.05, 0.1) is 5.69 Å². The number of nitrogens with one attached hydrogen (secondary N) is 2. The number of hydrogen-bond donors (Lipinski definition) is 2. The third kappa shape index (κ3) is 4.90. The Labute approximate surface area is 153 Å². The van der Waals surface area contributed by atoms with Crippen LogP contribution >= 0.6 is 12.2 Å². The van der Waals surface area contributed by atoms with Crippen LogP contribution in [0.4, 0.5) is 15.8 Å². The topological polar surface area (TPSA) is 30.5 Å². The Morgan fingerprint density at radius 2 is 1.72 bits per heavy atom. The van der Waals surface area contributed by atoms with Crippen molar-refractivity contribution in [2.45, 2.75) is 6.54 Å². The van der Waals surface area contributed by atoms with E-state index in [1.807, 2.05) is 0 Å². The van der Waals surface area contributed by atoms with Crippen LogP contribution in [0.15, 0.2) is 48.5 Å². The number of piperazine rings is 1. The summed E-state index contributed by atoms with van der Waals surface area (Å²) in [6.07, 6.45) is 0. The fourth-order valence-electron chi connectivity index (χ4n) is 2.80. The van der Waals surface area contributed by atoms with Crippen molar-refractivity contribution in [3.05, 3.63) is 59.9 Å². The minimum absolute atomic E-state index is 0.317. The number of benzene rings is 2. The third-order valence-electron chi connectivity index (χ3n) is 4.38. The summed E-state index contributed by atoms with van der Waals surface area (Å²) < 4.78 is 13.6. The maximum atomic E-state index is 13.6. The van der Waals surface area contributed by atoms with E-state index < -0.39 is 0 Å². The molecule has 6 heteroatoms. The van der Waals surface area contributed by atoms with Gasteiger partial charge >= 0.3 is 0 Å². The fraction of sp³-hybridized carbons (Fsp3) is 0.316. The van der Waals surface area contributed by atoms with Crippen molar-refractivity contribution in [2.75, 3.05) is 43.4 Å². The number of hydrogen-bond acceptors (Lipinski definition) is 3. The largest absolute Gasteiger partial charge is 0.369 e. The van der Waals surface area contributed by atoms with E-state index in [2.05, 4.69) is 51.7 Å². The first-order valence-electron chi connectivity index (χ1n) is 8.43. The summed E-state index contributed by atoms with van der Waals surface area (Å²) in [6, 6.07) is 15.0. The van der Waals surface area contributed by atoms with Gasteiger partial charge in [-0.2, -0.15) is 0 Å². The average molecular weight is 358 g/mol. The highest BCUT2D eigenvalue weighted by molar-refractivity contribution is 7.80. The number of likely N-dealkylation sites (N-methyl/N-ethyl adjacent to an activating group) is 1. The van der Waals surface area contributed by atoms with Gasteiger partial charge in [0.15, 0.2) is 5.11 Å². The molecular formula is C19H23FN4S. The van der Waals surface area contributed by atoms with Crippen molar-refractivity contribution < 1.29 is 4.39 Å². The Morgan fingerprint density at radius 1 is 1.04 bits per heavy atom. The number of rotatable bonds is 4. The van der Waals surface area contributed by atoms with Gasteiger partial charge < -0.3 is 20.4 Å². The van der Waals surface area contributed by atoms with E-state index in [0.717, 1.165) is 31.7 Å². The number of nitrogens with zero attached hydrogens (tertiary/aromatic N) is 2. The van der Waals surface area contributed by atoms with Crippen LogP contribution in [0, 0.1) is 5.82 Å². The second-order valence-electron chi connectivity index (χ2n) is 6.24. The van der Waals surface area contributed by atoms with E-state index in [9.17, 15) is 4.39 Å². The third-order valence-corrected chi connectivity index (χ3v) is 4.63. The summed E-state index contributed by atoms with van der Waals surface area (Å²) >= 11 is 5.23. The highest BCUT2D eigenvalue weighted by Gasteiger charge is 2.13. The molecule has 0 aliphatic carbocycles. The molecule has 1 aliphatic heterocycles. The van der Waals surface area contributed by atoms with E-state index in [1.54, 1.807) is 18.2 Å². The van der Waals surface area contributed by atoms with Crippen LogP contribution in [0.1, 0.15) is 5.56 Å². The SMILES string of the molecule is CN1CCN(c2ccc(CNC(=S)Nc3ccccc3F)cc2)CC1. The van der Waals surface area contributed by atoms with Gasteiger partial charge in [-0.25, -0.2) is 4.39 Å². The molecule has 2 aromatic rings. The average Bonchev–Trinajstić information content (AvgIpc) is 2.63. The van der Waals surface area contributed by atoms with Gasteiger partial charge in [0.25, 0.3) is 0 Å². The minimum atomic E-state index is -0.317.